The van der Waals surface area contributed by atoms with Crippen molar-refractivity contribution in [2.75, 3.05) is 7.11 Å². The molecule has 4 nitrogen and oxygen atoms in total. The molecule has 0 radical (unpaired) electrons. The zero-order chi connectivity index (χ0) is 14.1. The predicted octanol–water partition coefficient (Wildman–Crippen LogP) is 3.81. The van der Waals surface area contributed by atoms with Gasteiger partial charge in [-0.3, -0.25) is 0 Å². The van der Waals surface area contributed by atoms with E-state index in [4.69, 9.17) is 4.84 Å². The van der Waals surface area contributed by atoms with Crippen molar-refractivity contribution in [2.45, 2.75) is 45.4 Å². The average Bonchev–Trinajstić information content (AvgIpc) is 2.40. The molecule has 0 aliphatic rings. The number of hydrogen-bond acceptors (Lipinski definition) is 4. The highest BCUT2D eigenvalue weighted by Gasteiger charge is 2.08. The largest absolute Gasteiger partial charge is 0.504 e. The summed E-state index contributed by atoms with van der Waals surface area (Å²) in [5.41, 5.74) is 1.59. The zero-order valence-electron chi connectivity index (χ0n) is 11.7. The highest BCUT2D eigenvalue weighted by atomic mass is 16.6. The summed E-state index contributed by atoms with van der Waals surface area (Å²) >= 11 is 0. The van der Waals surface area contributed by atoms with Crippen LogP contribution in [0.2, 0.25) is 0 Å². The van der Waals surface area contributed by atoms with E-state index in [1.807, 2.05) is 0 Å². The van der Waals surface area contributed by atoms with Gasteiger partial charge in [-0.15, -0.1) is 0 Å². The maximum atomic E-state index is 9.51. The van der Waals surface area contributed by atoms with Crippen molar-refractivity contribution in [1.29, 1.82) is 0 Å². The molecule has 19 heavy (non-hydrogen) atoms. The van der Waals surface area contributed by atoms with E-state index in [2.05, 4.69) is 12.1 Å². The normalized spacial score (nSPS) is 11.6. The standard InChI is InChI=1S/C15H23NO3/c1-3-4-5-6-7-8-13(16-19-2)12-9-10-14(17)15(18)11-12/h9-11,17-18H,3-8H2,1-2H3/b16-13+. The Bertz CT molecular complexity index is 416. The quantitative estimate of drug-likeness (QED) is 0.325. The molecule has 1 aromatic rings. The third-order valence-corrected chi connectivity index (χ3v) is 3.03. The number of phenolic OH excluding ortho intramolecular Hbond substituents is 2. The first-order chi connectivity index (χ1) is 9.19. The van der Waals surface area contributed by atoms with Gasteiger partial charge in [-0.2, -0.15) is 0 Å². The average molecular weight is 265 g/mol. The minimum atomic E-state index is -0.132. The van der Waals surface area contributed by atoms with Crippen LogP contribution in [0.3, 0.4) is 0 Å². The van der Waals surface area contributed by atoms with Gasteiger partial charge in [0.15, 0.2) is 11.5 Å². The van der Waals surface area contributed by atoms with Gasteiger partial charge in [-0.05, 0) is 31.0 Å². The summed E-state index contributed by atoms with van der Waals surface area (Å²) in [6.45, 7) is 2.19. The third-order valence-electron chi connectivity index (χ3n) is 3.03. The lowest BCUT2D eigenvalue weighted by Crippen LogP contribution is -2.02. The zero-order valence-corrected chi connectivity index (χ0v) is 11.7. The molecule has 0 bridgehead atoms. The van der Waals surface area contributed by atoms with Crippen LogP contribution in [-0.4, -0.2) is 23.0 Å². The smallest absolute Gasteiger partial charge is 0.158 e. The molecule has 0 spiro atoms. The first-order valence-corrected chi connectivity index (χ1v) is 6.81. The van der Waals surface area contributed by atoms with Crippen LogP contribution < -0.4 is 0 Å². The third kappa shape index (κ3) is 5.20. The summed E-state index contributed by atoms with van der Waals surface area (Å²) in [6, 6.07) is 4.71. The number of phenols is 2. The molecule has 4 heteroatoms. The molecule has 1 rings (SSSR count). The van der Waals surface area contributed by atoms with Crippen molar-refractivity contribution in [3.05, 3.63) is 23.8 Å². The Labute approximate surface area is 114 Å². The molecule has 0 amide bonds. The van der Waals surface area contributed by atoms with Crippen LogP contribution in [0.5, 0.6) is 11.5 Å². The maximum absolute atomic E-state index is 9.51. The molecule has 1 aromatic carbocycles. The van der Waals surface area contributed by atoms with Gasteiger partial charge in [-0.25, -0.2) is 0 Å². The maximum Gasteiger partial charge on any atom is 0.158 e. The van der Waals surface area contributed by atoms with E-state index in [1.165, 1.54) is 44.9 Å². The summed E-state index contributed by atoms with van der Waals surface area (Å²) in [7, 11) is 1.51. The summed E-state index contributed by atoms with van der Waals surface area (Å²) in [6.07, 6.45) is 6.74. The molecular formula is C15H23NO3. The van der Waals surface area contributed by atoms with Crippen molar-refractivity contribution in [3.63, 3.8) is 0 Å². The van der Waals surface area contributed by atoms with Crippen LogP contribution in [0.15, 0.2) is 23.4 Å². The summed E-state index contributed by atoms with van der Waals surface area (Å²) in [4.78, 5) is 4.85. The van der Waals surface area contributed by atoms with Gasteiger partial charge >= 0.3 is 0 Å². The molecule has 0 heterocycles. The van der Waals surface area contributed by atoms with E-state index in [-0.39, 0.29) is 11.5 Å². The molecule has 0 aromatic heterocycles. The van der Waals surface area contributed by atoms with E-state index in [1.54, 1.807) is 6.07 Å². The second-order valence-electron chi connectivity index (χ2n) is 4.59. The van der Waals surface area contributed by atoms with Crippen LogP contribution in [-0.2, 0) is 4.84 Å². The van der Waals surface area contributed by atoms with Crippen molar-refractivity contribution < 1.29 is 15.1 Å². The van der Waals surface area contributed by atoms with Gasteiger partial charge in [0, 0.05) is 5.56 Å². The second-order valence-corrected chi connectivity index (χ2v) is 4.59. The van der Waals surface area contributed by atoms with Gasteiger partial charge in [0.2, 0.25) is 0 Å². The van der Waals surface area contributed by atoms with Crippen LogP contribution in [0.4, 0.5) is 0 Å². The van der Waals surface area contributed by atoms with E-state index >= 15 is 0 Å². The van der Waals surface area contributed by atoms with Crippen LogP contribution in [0.25, 0.3) is 0 Å². The molecule has 0 fully saturated rings. The monoisotopic (exact) mass is 265 g/mol. The number of hydrogen-bond donors (Lipinski definition) is 2. The Morgan fingerprint density at radius 3 is 2.47 bits per heavy atom. The number of benzene rings is 1. The first-order valence-electron chi connectivity index (χ1n) is 6.81. The molecule has 2 N–H and O–H groups in total. The topological polar surface area (TPSA) is 62.0 Å². The first kappa shape index (κ1) is 15.3. The second kappa shape index (κ2) is 8.40. The molecule has 106 valence electrons. The molecular weight excluding hydrogens is 242 g/mol. The fourth-order valence-electron chi connectivity index (χ4n) is 1.95. The van der Waals surface area contributed by atoms with Crippen LogP contribution in [0, 0.1) is 0 Å². The van der Waals surface area contributed by atoms with E-state index < -0.39 is 0 Å². The summed E-state index contributed by atoms with van der Waals surface area (Å²) in [5.74, 6) is -0.254. The van der Waals surface area contributed by atoms with Crippen LogP contribution in [0.1, 0.15) is 51.0 Å². The van der Waals surface area contributed by atoms with E-state index in [0.717, 1.165) is 24.1 Å². The molecule has 0 saturated heterocycles. The lowest BCUT2D eigenvalue weighted by atomic mass is 10.0. The van der Waals surface area contributed by atoms with Crippen molar-refractivity contribution in [3.8, 4) is 11.5 Å². The van der Waals surface area contributed by atoms with Crippen molar-refractivity contribution >= 4 is 5.71 Å². The van der Waals surface area contributed by atoms with Crippen molar-refractivity contribution in [1.82, 2.24) is 0 Å². The Morgan fingerprint density at radius 2 is 1.84 bits per heavy atom. The molecule has 0 aliphatic heterocycles. The Kier molecular flexibility index (Phi) is 6.79. The summed E-state index contributed by atoms with van der Waals surface area (Å²) < 4.78 is 0. The SMILES string of the molecule is CCCCCCC/C(=N\OC)c1ccc(O)c(O)c1. The minimum Gasteiger partial charge on any atom is -0.504 e. The summed E-state index contributed by atoms with van der Waals surface area (Å²) in [5, 5.41) is 22.8. The van der Waals surface area contributed by atoms with Crippen molar-refractivity contribution in [2.24, 2.45) is 5.16 Å². The fraction of sp³-hybridized carbons (Fsp3) is 0.533. The Hall–Kier alpha value is -1.71. The predicted molar refractivity (Wildman–Crippen MR) is 76.7 cm³/mol. The Balaban J connectivity index is 2.62. The lowest BCUT2D eigenvalue weighted by Gasteiger charge is -2.07. The van der Waals surface area contributed by atoms with Gasteiger partial charge in [0.1, 0.15) is 7.11 Å². The number of rotatable bonds is 8. The van der Waals surface area contributed by atoms with Gasteiger partial charge in [0.05, 0.1) is 5.71 Å². The molecule has 0 saturated carbocycles. The van der Waals surface area contributed by atoms with E-state index in [0.29, 0.717) is 0 Å². The molecule has 0 aliphatic carbocycles. The number of unbranched alkanes of at least 4 members (excludes halogenated alkanes) is 4. The van der Waals surface area contributed by atoms with E-state index in [9.17, 15) is 10.2 Å². The number of nitrogens with zero attached hydrogens (tertiary/aromatic N) is 1. The highest BCUT2D eigenvalue weighted by Crippen LogP contribution is 2.26. The number of aromatic hydroxyl groups is 2. The van der Waals surface area contributed by atoms with Gasteiger partial charge in [-0.1, -0.05) is 37.8 Å². The molecule has 0 unspecified atom stereocenters. The van der Waals surface area contributed by atoms with Gasteiger partial charge < -0.3 is 15.1 Å². The molecule has 0 atom stereocenters. The van der Waals surface area contributed by atoms with Gasteiger partial charge in [0.25, 0.3) is 0 Å². The Morgan fingerprint density at radius 1 is 1.11 bits per heavy atom. The fourth-order valence-corrected chi connectivity index (χ4v) is 1.95. The lowest BCUT2D eigenvalue weighted by molar-refractivity contribution is 0.212. The van der Waals surface area contributed by atoms with Crippen LogP contribution >= 0.6 is 0 Å². The number of oxime groups is 1. The highest BCUT2D eigenvalue weighted by molar-refractivity contribution is 6.00. The minimum absolute atomic E-state index is 0.122.